The predicted molar refractivity (Wildman–Crippen MR) is 75.4 cm³/mol. The van der Waals surface area contributed by atoms with Gasteiger partial charge in [0, 0.05) is 11.8 Å². The first-order valence-electron chi connectivity index (χ1n) is 6.07. The number of benzene rings is 1. The highest BCUT2D eigenvalue weighted by Gasteiger charge is 2.05. The third kappa shape index (κ3) is 4.20. The Kier molecular flexibility index (Phi) is 4.70. The first kappa shape index (κ1) is 14.3. The summed E-state index contributed by atoms with van der Waals surface area (Å²) in [7, 11) is 0. The second-order valence-corrected chi connectivity index (χ2v) is 4.00. The number of amides is 1. The van der Waals surface area contributed by atoms with E-state index in [2.05, 4.69) is 15.5 Å². The summed E-state index contributed by atoms with van der Waals surface area (Å²) in [5.41, 5.74) is 3.30. The van der Waals surface area contributed by atoms with Crippen molar-refractivity contribution in [2.75, 3.05) is 6.61 Å². The Morgan fingerprint density at radius 3 is 2.81 bits per heavy atom. The van der Waals surface area contributed by atoms with E-state index in [1.165, 1.54) is 6.21 Å². The number of para-hydroxylation sites is 1. The summed E-state index contributed by atoms with van der Waals surface area (Å²) in [6.45, 7) is -0.445. The molecule has 1 aromatic heterocycles. The molecule has 0 spiro atoms. The van der Waals surface area contributed by atoms with E-state index >= 15 is 0 Å². The Morgan fingerprint density at radius 2 is 2.10 bits per heavy atom. The summed E-state index contributed by atoms with van der Waals surface area (Å²) in [6.07, 6.45) is 3.02. The number of carbonyl (C=O) groups excluding carboxylic acids is 1. The molecule has 0 aliphatic rings. The van der Waals surface area contributed by atoms with Crippen LogP contribution in [0.25, 0.3) is 0 Å². The lowest BCUT2D eigenvalue weighted by Crippen LogP contribution is -2.18. The van der Waals surface area contributed by atoms with Crippen molar-refractivity contribution in [3.05, 3.63) is 53.9 Å². The number of aromatic amines is 1. The standard InChI is InChI=1S/C14H13N3O4/c18-13(19)9-21-12-6-2-1-4-10(12)8-16-17-14(20)11-5-3-7-15-11/h1-8,15H,9H2,(H,17,20)(H,18,19). The largest absolute Gasteiger partial charge is 0.481 e. The molecule has 0 atom stereocenters. The highest BCUT2D eigenvalue weighted by atomic mass is 16.5. The number of aromatic nitrogens is 1. The second-order valence-electron chi connectivity index (χ2n) is 4.00. The van der Waals surface area contributed by atoms with E-state index in [1.54, 1.807) is 42.6 Å². The fourth-order valence-corrected chi connectivity index (χ4v) is 1.55. The van der Waals surface area contributed by atoms with Gasteiger partial charge in [0.1, 0.15) is 11.4 Å². The third-order valence-corrected chi connectivity index (χ3v) is 2.48. The molecule has 0 aliphatic carbocycles. The first-order chi connectivity index (χ1) is 10.2. The van der Waals surface area contributed by atoms with Crippen molar-refractivity contribution in [3.8, 4) is 5.75 Å². The minimum atomic E-state index is -1.07. The maximum Gasteiger partial charge on any atom is 0.341 e. The van der Waals surface area contributed by atoms with Crippen LogP contribution in [-0.4, -0.2) is 34.8 Å². The van der Waals surface area contributed by atoms with E-state index in [0.29, 0.717) is 17.0 Å². The Bertz CT molecular complexity index is 650. The Balaban J connectivity index is 2.00. The molecule has 0 radical (unpaired) electrons. The van der Waals surface area contributed by atoms with E-state index in [-0.39, 0.29) is 5.91 Å². The number of carboxylic acids is 1. The summed E-state index contributed by atoms with van der Waals surface area (Å²) in [6, 6.07) is 10.1. The zero-order chi connectivity index (χ0) is 15.1. The smallest absolute Gasteiger partial charge is 0.341 e. The zero-order valence-corrected chi connectivity index (χ0v) is 10.9. The van der Waals surface area contributed by atoms with Gasteiger partial charge in [-0.25, -0.2) is 10.2 Å². The van der Waals surface area contributed by atoms with Gasteiger partial charge in [0.2, 0.25) is 0 Å². The van der Waals surface area contributed by atoms with Crippen molar-refractivity contribution in [2.24, 2.45) is 5.10 Å². The van der Waals surface area contributed by atoms with Gasteiger partial charge in [0.15, 0.2) is 6.61 Å². The van der Waals surface area contributed by atoms with E-state index in [9.17, 15) is 9.59 Å². The van der Waals surface area contributed by atoms with Gasteiger partial charge < -0.3 is 14.8 Å². The van der Waals surface area contributed by atoms with Crippen molar-refractivity contribution >= 4 is 18.1 Å². The van der Waals surface area contributed by atoms with E-state index in [4.69, 9.17) is 9.84 Å². The van der Waals surface area contributed by atoms with Crippen LogP contribution in [0.15, 0.2) is 47.7 Å². The average Bonchev–Trinajstić information content (AvgIpc) is 3.00. The lowest BCUT2D eigenvalue weighted by atomic mass is 10.2. The number of carbonyl (C=O) groups is 2. The highest BCUT2D eigenvalue weighted by Crippen LogP contribution is 2.15. The molecule has 1 aromatic carbocycles. The van der Waals surface area contributed by atoms with Crippen LogP contribution in [0.3, 0.4) is 0 Å². The summed E-state index contributed by atoms with van der Waals surface area (Å²) >= 11 is 0. The number of aliphatic carboxylic acids is 1. The molecule has 0 saturated carbocycles. The highest BCUT2D eigenvalue weighted by molar-refractivity contribution is 5.93. The van der Waals surface area contributed by atoms with Crippen LogP contribution in [0.5, 0.6) is 5.75 Å². The van der Waals surface area contributed by atoms with Crippen LogP contribution in [0.4, 0.5) is 0 Å². The molecule has 0 saturated heterocycles. The van der Waals surface area contributed by atoms with E-state index in [1.807, 2.05) is 0 Å². The van der Waals surface area contributed by atoms with Gasteiger partial charge in [0.05, 0.1) is 6.21 Å². The molecule has 7 heteroatoms. The van der Waals surface area contributed by atoms with Crippen LogP contribution >= 0.6 is 0 Å². The zero-order valence-electron chi connectivity index (χ0n) is 10.9. The number of nitrogens with zero attached hydrogens (tertiary/aromatic N) is 1. The molecular formula is C14H13N3O4. The average molecular weight is 287 g/mol. The maximum atomic E-state index is 11.6. The number of ether oxygens (including phenoxy) is 1. The first-order valence-corrected chi connectivity index (χ1v) is 6.07. The summed E-state index contributed by atoms with van der Waals surface area (Å²) in [4.78, 5) is 24.9. The maximum absolute atomic E-state index is 11.6. The molecule has 2 rings (SSSR count). The minimum Gasteiger partial charge on any atom is -0.481 e. The molecule has 0 aliphatic heterocycles. The quantitative estimate of drug-likeness (QED) is 0.549. The van der Waals surface area contributed by atoms with Crippen molar-refractivity contribution in [1.29, 1.82) is 0 Å². The van der Waals surface area contributed by atoms with Crippen molar-refractivity contribution in [2.45, 2.75) is 0 Å². The van der Waals surface area contributed by atoms with Gasteiger partial charge in [-0.1, -0.05) is 12.1 Å². The van der Waals surface area contributed by atoms with Gasteiger partial charge in [-0.05, 0) is 24.3 Å². The monoisotopic (exact) mass is 287 g/mol. The lowest BCUT2D eigenvalue weighted by molar-refractivity contribution is -0.139. The van der Waals surface area contributed by atoms with Gasteiger partial charge in [0.25, 0.3) is 5.91 Å². The minimum absolute atomic E-state index is 0.373. The normalized spacial score (nSPS) is 10.5. The van der Waals surface area contributed by atoms with Crippen LogP contribution in [-0.2, 0) is 4.79 Å². The summed E-state index contributed by atoms with van der Waals surface area (Å²) < 4.78 is 5.12. The van der Waals surface area contributed by atoms with Crippen molar-refractivity contribution < 1.29 is 19.4 Å². The number of H-pyrrole nitrogens is 1. The van der Waals surface area contributed by atoms with Crippen LogP contribution in [0, 0.1) is 0 Å². The number of hydrogen-bond acceptors (Lipinski definition) is 4. The molecule has 0 fully saturated rings. The molecule has 1 heterocycles. The third-order valence-electron chi connectivity index (χ3n) is 2.48. The molecule has 108 valence electrons. The molecule has 21 heavy (non-hydrogen) atoms. The number of rotatable bonds is 6. The number of hydrogen-bond donors (Lipinski definition) is 3. The van der Waals surface area contributed by atoms with Gasteiger partial charge >= 0.3 is 5.97 Å². The second kappa shape index (κ2) is 6.90. The van der Waals surface area contributed by atoms with E-state index < -0.39 is 12.6 Å². The lowest BCUT2D eigenvalue weighted by Gasteiger charge is -2.06. The van der Waals surface area contributed by atoms with E-state index in [0.717, 1.165) is 0 Å². The molecule has 0 unspecified atom stereocenters. The Hall–Kier alpha value is -3.09. The Labute approximate surface area is 120 Å². The topological polar surface area (TPSA) is 104 Å². The van der Waals surface area contributed by atoms with Crippen LogP contribution in [0.1, 0.15) is 16.1 Å². The number of nitrogens with one attached hydrogen (secondary N) is 2. The van der Waals surface area contributed by atoms with Gasteiger partial charge in [-0.15, -0.1) is 0 Å². The molecule has 0 bridgehead atoms. The van der Waals surface area contributed by atoms with Gasteiger partial charge in [-0.3, -0.25) is 4.79 Å². The van der Waals surface area contributed by atoms with Crippen molar-refractivity contribution in [3.63, 3.8) is 0 Å². The molecule has 3 N–H and O–H groups in total. The summed E-state index contributed by atoms with van der Waals surface area (Å²) in [5, 5.41) is 12.4. The fourth-order valence-electron chi connectivity index (χ4n) is 1.55. The fraction of sp³-hybridized carbons (Fsp3) is 0.0714. The Morgan fingerprint density at radius 1 is 1.29 bits per heavy atom. The van der Waals surface area contributed by atoms with Crippen LogP contribution in [0.2, 0.25) is 0 Å². The summed E-state index contributed by atoms with van der Waals surface area (Å²) in [5.74, 6) is -1.07. The number of carboxylic acid groups (broad SMARTS) is 1. The SMILES string of the molecule is O=C(O)COc1ccccc1C=NNC(=O)c1ccc[nH]1. The van der Waals surface area contributed by atoms with Crippen LogP contribution < -0.4 is 10.2 Å². The van der Waals surface area contributed by atoms with Gasteiger partial charge in [-0.2, -0.15) is 5.10 Å². The van der Waals surface area contributed by atoms with Crippen molar-refractivity contribution in [1.82, 2.24) is 10.4 Å². The predicted octanol–water partition coefficient (Wildman–Crippen LogP) is 1.24. The number of hydrazone groups is 1. The molecule has 1 amide bonds. The molecule has 7 nitrogen and oxygen atoms in total. The molecular weight excluding hydrogens is 274 g/mol. The molecule has 2 aromatic rings.